The first kappa shape index (κ1) is 6.67. The summed E-state index contributed by atoms with van der Waals surface area (Å²) in [6.45, 7) is 0. The molecule has 1 heterocycles. The molecule has 51 valence electrons. The lowest BCUT2D eigenvalue weighted by Gasteiger charge is -1.93. The van der Waals surface area contributed by atoms with Gasteiger partial charge in [0.2, 0.25) is 0 Å². The van der Waals surface area contributed by atoms with Crippen LogP contribution in [-0.4, -0.2) is 23.0 Å². The van der Waals surface area contributed by atoms with Crippen LogP contribution in [0.5, 0.6) is 0 Å². The highest BCUT2D eigenvalue weighted by Gasteiger charge is 2.03. The van der Waals surface area contributed by atoms with Crippen molar-refractivity contribution in [2.45, 2.75) is 0 Å². The van der Waals surface area contributed by atoms with Crippen molar-refractivity contribution in [2.75, 3.05) is 7.11 Å². The number of carbonyl (C=O) groups excluding carboxylic acids is 1. The van der Waals surface area contributed by atoms with E-state index in [9.17, 15) is 4.79 Å². The summed E-state index contributed by atoms with van der Waals surface area (Å²) in [5.74, 6) is -0.472. The third-order valence-electron chi connectivity index (χ3n) is 0.918. The maximum absolute atomic E-state index is 10.7. The second-order valence-electron chi connectivity index (χ2n) is 1.54. The molecule has 0 unspecified atom stereocenters. The maximum atomic E-state index is 10.7. The van der Waals surface area contributed by atoms with Crippen LogP contribution >= 0.6 is 0 Å². The Labute approximate surface area is 57.9 Å². The summed E-state index contributed by atoms with van der Waals surface area (Å²) in [4.78, 5) is 17.8. The van der Waals surface area contributed by atoms with Crippen LogP contribution in [0.15, 0.2) is 12.5 Å². The monoisotopic (exact) mass is 137 g/mol. The molecule has 0 N–H and O–H groups in total. The van der Waals surface area contributed by atoms with Gasteiger partial charge in [0.25, 0.3) is 0 Å². The fourth-order valence-electron chi connectivity index (χ4n) is 0.477. The summed E-state index contributed by atoms with van der Waals surface area (Å²) in [6, 6.07) is 0. The van der Waals surface area contributed by atoms with E-state index in [2.05, 4.69) is 20.9 Å². The molecule has 10 heavy (non-hydrogen) atoms. The third kappa shape index (κ3) is 1.28. The number of rotatable bonds is 1. The van der Waals surface area contributed by atoms with Crippen molar-refractivity contribution in [1.29, 1.82) is 0 Å². The quantitative estimate of drug-likeness (QED) is 0.514. The summed E-state index contributed by atoms with van der Waals surface area (Å²) >= 11 is 0. The largest absolute Gasteiger partial charge is 0.465 e. The van der Waals surface area contributed by atoms with Gasteiger partial charge in [0, 0.05) is 6.20 Å². The molecule has 0 amide bonds. The standard InChI is InChI=1S/C6H5N2O2/c1-10-6(9)5-2-7-4-8-3-5/h2,4H,1H3. The van der Waals surface area contributed by atoms with Gasteiger partial charge < -0.3 is 4.74 Å². The van der Waals surface area contributed by atoms with E-state index in [0.717, 1.165) is 0 Å². The maximum Gasteiger partial charge on any atom is 0.341 e. The number of ether oxygens (including phenoxy) is 1. The van der Waals surface area contributed by atoms with Crippen LogP contribution in [0.2, 0.25) is 0 Å². The number of esters is 1. The number of hydrogen-bond donors (Lipinski definition) is 0. The van der Waals surface area contributed by atoms with Crippen molar-refractivity contribution in [3.05, 3.63) is 24.3 Å². The molecule has 0 aliphatic rings. The molecule has 4 nitrogen and oxygen atoms in total. The fraction of sp³-hybridized carbons (Fsp3) is 0.167. The Balaban J connectivity index is 2.85. The molecule has 1 aromatic rings. The smallest absolute Gasteiger partial charge is 0.341 e. The van der Waals surface area contributed by atoms with Gasteiger partial charge in [-0.25, -0.2) is 14.8 Å². The highest BCUT2D eigenvalue weighted by atomic mass is 16.5. The first-order valence-corrected chi connectivity index (χ1v) is 2.60. The highest BCUT2D eigenvalue weighted by molar-refractivity contribution is 5.88. The fourth-order valence-corrected chi connectivity index (χ4v) is 0.477. The van der Waals surface area contributed by atoms with Gasteiger partial charge in [-0.3, -0.25) is 0 Å². The Morgan fingerprint density at radius 3 is 3.10 bits per heavy atom. The molecule has 4 heteroatoms. The zero-order valence-corrected chi connectivity index (χ0v) is 5.37. The van der Waals surface area contributed by atoms with E-state index in [4.69, 9.17) is 0 Å². The van der Waals surface area contributed by atoms with Crippen LogP contribution in [0.4, 0.5) is 0 Å². The van der Waals surface area contributed by atoms with E-state index in [1.807, 2.05) is 0 Å². The molecule has 0 fully saturated rings. The van der Waals surface area contributed by atoms with Crippen molar-refractivity contribution in [2.24, 2.45) is 0 Å². The van der Waals surface area contributed by atoms with E-state index in [0.29, 0.717) is 0 Å². The van der Waals surface area contributed by atoms with Crippen molar-refractivity contribution < 1.29 is 9.53 Å². The van der Waals surface area contributed by atoms with Crippen molar-refractivity contribution in [3.8, 4) is 0 Å². The SMILES string of the molecule is COC(=O)c1[c]ncnc1. The number of carbonyl (C=O) groups is 1. The lowest BCUT2D eigenvalue weighted by molar-refractivity contribution is 0.0599. The minimum absolute atomic E-state index is 0.241. The number of hydrogen-bond acceptors (Lipinski definition) is 4. The molecule has 1 radical (unpaired) electrons. The van der Waals surface area contributed by atoms with Gasteiger partial charge in [0.1, 0.15) is 18.1 Å². The Morgan fingerprint density at radius 2 is 2.60 bits per heavy atom. The summed E-state index contributed by atoms with van der Waals surface area (Å²) in [7, 11) is 1.29. The first-order chi connectivity index (χ1) is 4.84. The number of nitrogens with zero attached hydrogens (tertiary/aromatic N) is 2. The van der Waals surface area contributed by atoms with Gasteiger partial charge in [-0.05, 0) is 0 Å². The third-order valence-corrected chi connectivity index (χ3v) is 0.918. The van der Waals surface area contributed by atoms with Crippen LogP contribution in [0, 0.1) is 6.20 Å². The predicted octanol–water partition coefficient (Wildman–Crippen LogP) is 0.0634. The van der Waals surface area contributed by atoms with E-state index >= 15 is 0 Å². The van der Waals surface area contributed by atoms with Gasteiger partial charge in [0.15, 0.2) is 0 Å². The van der Waals surface area contributed by atoms with Crippen LogP contribution in [0.25, 0.3) is 0 Å². The Bertz CT molecular complexity index is 222. The molecular weight excluding hydrogens is 132 g/mol. The summed E-state index contributed by atoms with van der Waals surface area (Å²) < 4.78 is 4.39. The zero-order valence-electron chi connectivity index (χ0n) is 5.37. The average molecular weight is 137 g/mol. The van der Waals surface area contributed by atoms with Crippen molar-refractivity contribution in [1.82, 2.24) is 9.97 Å². The first-order valence-electron chi connectivity index (χ1n) is 2.60. The molecule has 1 aromatic heterocycles. The van der Waals surface area contributed by atoms with Gasteiger partial charge >= 0.3 is 5.97 Å². The lowest BCUT2D eigenvalue weighted by Crippen LogP contribution is -2.01. The van der Waals surface area contributed by atoms with Crippen molar-refractivity contribution in [3.63, 3.8) is 0 Å². The zero-order chi connectivity index (χ0) is 7.40. The second-order valence-corrected chi connectivity index (χ2v) is 1.54. The molecule has 1 rings (SSSR count). The minimum atomic E-state index is -0.472. The molecule has 0 saturated heterocycles. The van der Waals surface area contributed by atoms with E-state index in [1.54, 1.807) is 0 Å². The molecule has 0 aromatic carbocycles. The Hall–Kier alpha value is -1.45. The number of methoxy groups -OCH3 is 1. The molecule has 0 bridgehead atoms. The topological polar surface area (TPSA) is 52.1 Å². The van der Waals surface area contributed by atoms with Gasteiger partial charge in [-0.15, -0.1) is 0 Å². The lowest BCUT2D eigenvalue weighted by atomic mass is 10.4. The normalized spacial score (nSPS) is 8.90. The highest BCUT2D eigenvalue weighted by Crippen LogP contribution is 1.92. The predicted molar refractivity (Wildman–Crippen MR) is 32.2 cm³/mol. The van der Waals surface area contributed by atoms with Gasteiger partial charge in [-0.2, -0.15) is 0 Å². The Kier molecular flexibility index (Phi) is 1.94. The molecule has 0 aliphatic carbocycles. The molecule has 0 atom stereocenters. The molecule has 0 saturated carbocycles. The molecular formula is C6H5N2O2. The van der Waals surface area contributed by atoms with E-state index in [-0.39, 0.29) is 5.56 Å². The van der Waals surface area contributed by atoms with E-state index < -0.39 is 5.97 Å². The van der Waals surface area contributed by atoms with Crippen LogP contribution in [-0.2, 0) is 4.74 Å². The van der Waals surface area contributed by atoms with Crippen LogP contribution < -0.4 is 0 Å². The summed E-state index contributed by atoms with van der Waals surface area (Å²) in [5.41, 5.74) is 0.241. The average Bonchev–Trinajstić information content (AvgIpc) is 2.05. The summed E-state index contributed by atoms with van der Waals surface area (Å²) in [5, 5.41) is 0. The van der Waals surface area contributed by atoms with Crippen LogP contribution in [0.3, 0.4) is 0 Å². The Morgan fingerprint density at radius 1 is 1.80 bits per heavy atom. The van der Waals surface area contributed by atoms with E-state index in [1.165, 1.54) is 19.6 Å². The van der Waals surface area contributed by atoms with Crippen LogP contribution in [0.1, 0.15) is 10.4 Å². The summed E-state index contributed by atoms with van der Waals surface area (Å²) in [6.07, 6.45) is 5.08. The molecule has 0 spiro atoms. The second kappa shape index (κ2) is 2.91. The minimum Gasteiger partial charge on any atom is -0.465 e. The van der Waals surface area contributed by atoms with Crippen molar-refractivity contribution >= 4 is 5.97 Å². The number of aromatic nitrogens is 2. The molecule has 0 aliphatic heterocycles. The van der Waals surface area contributed by atoms with Gasteiger partial charge in [0.05, 0.1) is 7.11 Å². The van der Waals surface area contributed by atoms with Gasteiger partial charge in [-0.1, -0.05) is 0 Å².